The first-order valence-electron chi connectivity index (χ1n) is 5.44. The normalized spacial score (nSPS) is 10.1. The van der Waals surface area contributed by atoms with Gasteiger partial charge in [0, 0.05) is 18.0 Å². The highest BCUT2D eigenvalue weighted by Crippen LogP contribution is 2.27. The van der Waals surface area contributed by atoms with Gasteiger partial charge in [-0.05, 0) is 24.3 Å². The van der Waals surface area contributed by atoms with Crippen LogP contribution < -0.4 is 11.1 Å². The number of nitro groups is 1. The summed E-state index contributed by atoms with van der Waals surface area (Å²) in [5.41, 5.74) is 5.69. The summed E-state index contributed by atoms with van der Waals surface area (Å²) in [6, 6.07) is 6.99. The van der Waals surface area contributed by atoms with E-state index in [1.54, 1.807) is 0 Å². The Bertz CT molecular complexity index is 673. The fourth-order valence-electron chi connectivity index (χ4n) is 1.47. The van der Waals surface area contributed by atoms with Crippen LogP contribution in [-0.4, -0.2) is 15.8 Å². The van der Waals surface area contributed by atoms with Gasteiger partial charge in [0.25, 0.3) is 11.6 Å². The van der Waals surface area contributed by atoms with E-state index >= 15 is 0 Å². The minimum absolute atomic E-state index is 0.00199. The fourth-order valence-corrected chi connectivity index (χ4v) is 1.66. The highest BCUT2D eigenvalue weighted by Gasteiger charge is 2.14. The summed E-state index contributed by atoms with van der Waals surface area (Å²) in [7, 11) is 0. The summed E-state index contributed by atoms with van der Waals surface area (Å²) in [6.07, 6.45) is 1.31. The van der Waals surface area contributed by atoms with E-state index in [0.717, 1.165) is 0 Å². The van der Waals surface area contributed by atoms with Crippen LogP contribution in [0.15, 0.2) is 36.5 Å². The number of carbonyl (C=O) groups is 1. The number of amides is 1. The van der Waals surface area contributed by atoms with Crippen LogP contribution in [0.4, 0.5) is 17.2 Å². The van der Waals surface area contributed by atoms with Crippen LogP contribution in [0, 0.1) is 10.1 Å². The molecule has 1 aromatic carbocycles. The van der Waals surface area contributed by atoms with Crippen molar-refractivity contribution in [3.05, 3.63) is 57.2 Å². The van der Waals surface area contributed by atoms with Gasteiger partial charge in [0.15, 0.2) is 0 Å². The number of aromatic nitrogens is 1. The Hall–Kier alpha value is -2.67. The number of benzene rings is 1. The standard InChI is InChI=1S/C12H9ClN4O3/c13-9-3-2-8(5-10(9)17(19)20)16-12(18)7-1-4-11(14)15-6-7/h1-6H,(H2,14,15)(H,16,18). The first-order valence-corrected chi connectivity index (χ1v) is 5.82. The third-order valence-electron chi connectivity index (χ3n) is 2.45. The van der Waals surface area contributed by atoms with Crippen molar-refractivity contribution in [3.8, 4) is 0 Å². The Morgan fingerprint density at radius 2 is 2.10 bits per heavy atom. The first kappa shape index (κ1) is 13.8. The summed E-state index contributed by atoms with van der Waals surface area (Å²) in [4.78, 5) is 25.8. The summed E-state index contributed by atoms with van der Waals surface area (Å²) in [6.45, 7) is 0. The van der Waals surface area contributed by atoms with E-state index in [1.165, 1.54) is 36.5 Å². The number of anilines is 2. The van der Waals surface area contributed by atoms with E-state index in [1.807, 2.05) is 0 Å². The van der Waals surface area contributed by atoms with Gasteiger partial charge in [-0.1, -0.05) is 11.6 Å². The molecule has 1 aromatic heterocycles. The Morgan fingerprint density at radius 3 is 2.70 bits per heavy atom. The van der Waals surface area contributed by atoms with Gasteiger partial charge in [0.2, 0.25) is 0 Å². The summed E-state index contributed by atoms with van der Waals surface area (Å²) >= 11 is 5.68. The van der Waals surface area contributed by atoms with Gasteiger partial charge in [0.05, 0.1) is 10.5 Å². The number of nitrogens with one attached hydrogen (secondary N) is 1. The molecule has 0 saturated heterocycles. The third kappa shape index (κ3) is 3.01. The van der Waals surface area contributed by atoms with Crippen LogP contribution in [0.3, 0.4) is 0 Å². The van der Waals surface area contributed by atoms with Crippen LogP contribution in [0.2, 0.25) is 5.02 Å². The van der Waals surface area contributed by atoms with E-state index in [4.69, 9.17) is 17.3 Å². The Morgan fingerprint density at radius 1 is 1.35 bits per heavy atom. The lowest BCUT2D eigenvalue weighted by Crippen LogP contribution is -2.12. The van der Waals surface area contributed by atoms with Gasteiger partial charge in [-0.2, -0.15) is 0 Å². The van der Waals surface area contributed by atoms with E-state index in [-0.39, 0.29) is 22.0 Å². The number of halogens is 1. The van der Waals surface area contributed by atoms with Gasteiger partial charge in [-0.3, -0.25) is 14.9 Å². The smallest absolute Gasteiger partial charge is 0.289 e. The lowest BCUT2D eigenvalue weighted by Gasteiger charge is -2.05. The molecular weight excluding hydrogens is 284 g/mol. The van der Waals surface area contributed by atoms with E-state index in [9.17, 15) is 14.9 Å². The predicted octanol–water partition coefficient (Wildman–Crippen LogP) is 2.48. The van der Waals surface area contributed by atoms with Gasteiger partial charge in [-0.25, -0.2) is 4.98 Å². The average Bonchev–Trinajstić information content (AvgIpc) is 2.41. The molecule has 0 radical (unpaired) electrons. The van der Waals surface area contributed by atoms with Crippen LogP contribution in [-0.2, 0) is 0 Å². The predicted molar refractivity (Wildman–Crippen MR) is 74.7 cm³/mol. The molecule has 0 aliphatic heterocycles. The summed E-state index contributed by atoms with van der Waals surface area (Å²) < 4.78 is 0. The second-order valence-corrected chi connectivity index (χ2v) is 4.26. The average molecular weight is 293 g/mol. The van der Waals surface area contributed by atoms with Crippen molar-refractivity contribution in [3.63, 3.8) is 0 Å². The van der Waals surface area contributed by atoms with Crippen molar-refractivity contribution in [1.29, 1.82) is 0 Å². The molecule has 0 saturated carbocycles. The number of nitro benzene ring substituents is 1. The maximum Gasteiger partial charge on any atom is 0.289 e. The molecule has 0 aliphatic rings. The Labute approximate surface area is 118 Å². The number of pyridine rings is 1. The van der Waals surface area contributed by atoms with Gasteiger partial charge in [0.1, 0.15) is 10.8 Å². The van der Waals surface area contributed by atoms with Gasteiger partial charge < -0.3 is 11.1 Å². The lowest BCUT2D eigenvalue weighted by molar-refractivity contribution is -0.384. The number of carbonyl (C=O) groups excluding carboxylic acids is 1. The zero-order valence-electron chi connectivity index (χ0n) is 10.0. The van der Waals surface area contributed by atoms with Gasteiger partial charge >= 0.3 is 0 Å². The molecular formula is C12H9ClN4O3. The topological polar surface area (TPSA) is 111 Å². The number of rotatable bonds is 3. The molecule has 1 heterocycles. The molecule has 0 fully saturated rings. The van der Waals surface area contributed by atoms with Crippen molar-refractivity contribution in [2.45, 2.75) is 0 Å². The molecule has 0 spiro atoms. The van der Waals surface area contributed by atoms with Crippen molar-refractivity contribution >= 4 is 34.7 Å². The molecule has 0 bridgehead atoms. The maximum absolute atomic E-state index is 11.9. The van der Waals surface area contributed by atoms with Crippen LogP contribution in [0.5, 0.6) is 0 Å². The number of hydrogen-bond donors (Lipinski definition) is 2. The highest BCUT2D eigenvalue weighted by atomic mass is 35.5. The second kappa shape index (κ2) is 5.54. The SMILES string of the molecule is Nc1ccc(C(=O)Nc2ccc(Cl)c([N+](=O)[O-])c2)cn1. The summed E-state index contributed by atoms with van der Waals surface area (Å²) in [5.74, 6) is -0.155. The van der Waals surface area contributed by atoms with Crippen LogP contribution in [0.25, 0.3) is 0 Å². The van der Waals surface area contributed by atoms with Crippen molar-refractivity contribution in [2.24, 2.45) is 0 Å². The van der Waals surface area contributed by atoms with E-state index in [2.05, 4.69) is 10.3 Å². The number of nitrogens with zero attached hydrogens (tertiary/aromatic N) is 2. The Kier molecular flexibility index (Phi) is 3.81. The van der Waals surface area contributed by atoms with Crippen molar-refractivity contribution in [2.75, 3.05) is 11.1 Å². The second-order valence-electron chi connectivity index (χ2n) is 3.85. The maximum atomic E-state index is 11.9. The molecule has 0 unspecified atom stereocenters. The van der Waals surface area contributed by atoms with Crippen molar-refractivity contribution in [1.82, 2.24) is 4.98 Å². The molecule has 0 atom stereocenters. The zero-order valence-corrected chi connectivity index (χ0v) is 10.8. The fraction of sp³-hybridized carbons (Fsp3) is 0. The third-order valence-corrected chi connectivity index (χ3v) is 2.77. The monoisotopic (exact) mass is 292 g/mol. The molecule has 0 aliphatic carbocycles. The molecule has 7 nitrogen and oxygen atoms in total. The zero-order chi connectivity index (χ0) is 14.7. The summed E-state index contributed by atoms with van der Waals surface area (Å²) in [5, 5.41) is 13.3. The van der Waals surface area contributed by atoms with Gasteiger partial charge in [-0.15, -0.1) is 0 Å². The van der Waals surface area contributed by atoms with E-state index < -0.39 is 10.8 Å². The quantitative estimate of drug-likeness (QED) is 0.667. The number of nitrogen functional groups attached to an aromatic ring is 1. The highest BCUT2D eigenvalue weighted by molar-refractivity contribution is 6.32. The number of nitrogens with two attached hydrogens (primary N) is 1. The molecule has 2 rings (SSSR count). The number of hydrogen-bond acceptors (Lipinski definition) is 5. The minimum Gasteiger partial charge on any atom is -0.384 e. The van der Waals surface area contributed by atoms with E-state index in [0.29, 0.717) is 5.82 Å². The Balaban J connectivity index is 2.21. The molecule has 20 heavy (non-hydrogen) atoms. The molecule has 8 heteroatoms. The molecule has 1 amide bonds. The largest absolute Gasteiger partial charge is 0.384 e. The minimum atomic E-state index is -0.622. The van der Waals surface area contributed by atoms with Crippen LogP contribution in [0.1, 0.15) is 10.4 Å². The van der Waals surface area contributed by atoms with Crippen molar-refractivity contribution < 1.29 is 9.72 Å². The first-order chi connectivity index (χ1) is 9.47. The molecule has 3 N–H and O–H groups in total. The van der Waals surface area contributed by atoms with Crippen LogP contribution >= 0.6 is 11.6 Å². The molecule has 102 valence electrons. The lowest BCUT2D eigenvalue weighted by atomic mass is 10.2. The molecule has 2 aromatic rings.